The van der Waals surface area contributed by atoms with E-state index in [1.54, 1.807) is 6.07 Å². The first-order chi connectivity index (χ1) is 13.7. The summed E-state index contributed by atoms with van der Waals surface area (Å²) in [5, 5.41) is 8.51. The minimum Gasteiger partial charge on any atom is -0.366 e. The summed E-state index contributed by atoms with van der Waals surface area (Å²) in [5.41, 5.74) is 11.3. The lowest BCUT2D eigenvalue weighted by Gasteiger charge is -2.28. The number of nitrogens with zero attached hydrogens (tertiary/aromatic N) is 3. The van der Waals surface area contributed by atoms with Crippen molar-refractivity contribution in [2.45, 2.75) is 13.0 Å². The van der Waals surface area contributed by atoms with Crippen molar-refractivity contribution in [2.24, 2.45) is 5.73 Å². The van der Waals surface area contributed by atoms with Crippen LogP contribution in [-0.2, 0) is 13.0 Å². The highest BCUT2D eigenvalue weighted by Crippen LogP contribution is 2.31. The number of nitrogens with two attached hydrogens (primary N) is 1. The summed E-state index contributed by atoms with van der Waals surface area (Å²) in [7, 11) is 0. The number of hydrogen-bond donors (Lipinski definition) is 2. The molecule has 0 spiro atoms. The monoisotopic (exact) mass is 369 g/mol. The fourth-order valence-corrected chi connectivity index (χ4v) is 3.85. The molecule has 0 radical (unpaired) electrons. The molecule has 28 heavy (non-hydrogen) atoms. The Balaban J connectivity index is 1.57. The maximum atomic E-state index is 12.0. The van der Waals surface area contributed by atoms with Gasteiger partial charge in [-0.25, -0.2) is 4.98 Å². The first kappa shape index (κ1) is 16.5. The molecule has 3 N–H and O–H groups in total. The summed E-state index contributed by atoms with van der Waals surface area (Å²) in [6, 6.07) is 19.6. The number of nitrogens with one attached hydrogen (secondary N) is 1. The normalized spacial score (nSPS) is 13.5. The Morgan fingerprint density at radius 2 is 1.86 bits per heavy atom. The molecule has 0 saturated carbocycles. The molecular formula is C22H19N5O. The summed E-state index contributed by atoms with van der Waals surface area (Å²) in [4.78, 5) is 19.0. The summed E-state index contributed by atoms with van der Waals surface area (Å²) in [5.74, 6) is 0.323. The Kier molecular flexibility index (Phi) is 3.83. The van der Waals surface area contributed by atoms with E-state index in [1.807, 2.05) is 42.5 Å². The highest BCUT2D eigenvalue weighted by molar-refractivity contribution is 6.06. The van der Waals surface area contributed by atoms with Gasteiger partial charge in [-0.2, -0.15) is 5.10 Å². The number of H-pyrrole nitrogens is 1. The number of carbonyl (C=O) groups excluding carboxylic acids is 1. The van der Waals surface area contributed by atoms with E-state index in [9.17, 15) is 4.79 Å². The number of primary amides is 1. The standard InChI is InChI=1S/C22H19N5O/c23-22(28)16-12-20(24-18-9-5-4-8-15(16)18)27-11-10-19-17(13-27)21(26-25-19)14-6-2-1-3-7-14/h1-9,12H,10-11,13H2,(H2,23,28)(H,25,26). The van der Waals surface area contributed by atoms with Crippen LogP contribution >= 0.6 is 0 Å². The van der Waals surface area contributed by atoms with Gasteiger partial charge >= 0.3 is 0 Å². The van der Waals surface area contributed by atoms with Gasteiger partial charge in [0, 0.05) is 41.7 Å². The topological polar surface area (TPSA) is 87.9 Å². The average Bonchev–Trinajstić information content (AvgIpc) is 3.16. The Bertz CT molecular complexity index is 1180. The molecule has 138 valence electrons. The van der Waals surface area contributed by atoms with Gasteiger partial charge in [0.1, 0.15) is 5.82 Å². The van der Waals surface area contributed by atoms with E-state index in [2.05, 4.69) is 27.2 Å². The lowest BCUT2D eigenvalue weighted by atomic mass is 10.0. The third-order valence-corrected chi connectivity index (χ3v) is 5.27. The van der Waals surface area contributed by atoms with Crippen LogP contribution in [0.15, 0.2) is 60.7 Å². The fraction of sp³-hybridized carbons (Fsp3) is 0.136. The smallest absolute Gasteiger partial charge is 0.249 e. The number of rotatable bonds is 3. The summed E-state index contributed by atoms with van der Waals surface area (Å²) < 4.78 is 0. The van der Waals surface area contributed by atoms with Gasteiger partial charge in [0.05, 0.1) is 16.8 Å². The largest absolute Gasteiger partial charge is 0.366 e. The van der Waals surface area contributed by atoms with Gasteiger partial charge < -0.3 is 10.6 Å². The minimum absolute atomic E-state index is 0.439. The molecule has 1 aliphatic rings. The molecule has 0 fully saturated rings. The van der Waals surface area contributed by atoms with Crippen molar-refractivity contribution in [1.82, 2.24) is 15.2 Å². The zero-order chi connectivity index (χ0) is 19.1. The van der Waals surface area contributed by atoms with Gasteiger partial charge in [-0.3, -0.25) is 9.89 Å². The Morgan fingerprint density at radius 1 is 1.07 bits per heavy atom. The Labute approximate surface area is 162 Å². The zero-order valence-corrected chi connectivity index (χ0v) is 15.2. The molecule has 0 bridgehead atoms. The summed E-state index contributed by atoms with van der Waals surface area (Å²) in [6.45, 7) is 1.48. The van der Waals surface area contributed by atoms with Crippen molar-refractivity contribution >= 4 is 22.6 Å². The van der Waals surface area contributed by atoms with Crippen LogP contribution in [0.2, 0.25) is 0 Å². The number of amides is 1. The van der Waals surface area contributed by atoms with Gasteiger partial charge in [-0.05, 0) is 12.1 Å². The number of aromatic amines is 1. The highest BCUT2D eigenvalue weighted by atomic mass is 16.1. The average molecular weight is 369 g/mol. The van der Waals surface area contributed by atoms with Gasteiger partial charge in [-0.1, -0.05) is 48.5 Å². The predicted octanol–water partition coefficient (Wildman–Crippen LogP) is 3.29. The minimum atomic E-state index is -0.439. The molecule has 3 heterocycles. The maximum absolute atomic E-state index is 12.0. The molecule has 2 aromatic carbocycles. The van der Waals surface area contributed by atoms with Crippen LogP contribution in [0.3, 0.4) is 0 Å². The van der Waals surface area contributed by atoms with Crippen LogP contribution in [0, 0.1) is 0 Å². The number of fused-ring (bicyclic) bond motifs is 2. The molecule has 0 atom stereocenters. The van der Waals surface area contributed by atoms with Crippen molar-refractivity contribution < 1.29 is 4.79 Å². The van der Waals surface area contributed by atoms with Gasteiger partial charge in [0.15, 0.2) is 0 Å². The molecule has 4 aromatic rings. The Morgan fingerprint density at radius 3 is 2.68 bits per heavy atom. The second kappa shape index (κ2) is 6.49. The molecule has 0 saturated heterocycles. The highest BCUT2D eigenvalue weighted by Gasteiger charge is 2.24. The SMILES string of the molecule is NC(=O)c1cc(N2CCc3[nH]nc(-c4ccccc4)c3C2)nc2ccccc12. The van der Waals surface area contributed by atoms with Gasteiger partial charge in [0.2, 0.25) is 5.91 Å². The summed E-state index contributed by atoms with van der Waals surface area (Å²) >= 11 is 0. The van der Waals surface area contributed by atoms with Crippen molar-refractivity contribution in [3.05, 3.63) is 77.5 Å². The lowest BCUT2D eigenvalue weighted by Crippen LogP contribution is -2.31. The van der Waals surface area contributed by atoms with Crippen molar-refractivity contribution in [1.29, 1.82) is 0 Å². The fourth-order valence-electron chi connectivity index (χ4n) is 3.85. The molecule has 1 aliphatic heterocycles. The molecule has 5 rings (SSSR count). The van der Waals surface area contributed by atoms with Crippen molar-refractivity contribution in [2.75, 3.05) is 11.4 Å². The van der Waals surface area contributed by atoms with Gasteiger partial charge in [0.25, 0.3) is 0 Å². The zero-order valence-electron chi connectivity index (χ0n) is 15.2. The maximum Gasteiger partial charge on any atom is 0.249 e. The third kappa shape index (κ3) is 2.70. The Hall–Kier alpha value is -3.67. The van der Waals surface area contributed by atoms with Crippen molar-refractivity contribution in [3.63, 3.8) is 0 Å². The van der Waals surface area contributed by atoms with Crippen LogP contribution in [0.25, 0.3) is 22.2 Å². The lowest BCUT2D eigenvalue weighted by molar-refractivity contribution is 0.100. The van der Waals surface area contributed by atoms with Crippen LogP contribution in [0.5, 0.6) is 0 Å². The van der Waals surface area contributed by atoms with E-state index in [0.717, 1.165) is 46.6 Å². The molecule has 6 nitrogen and oxygen atoms in total. The van der Waals surface area contributed by atoms with E-state index < -0.39 is 5.91 Å². The number of para-hydroxylation sites is 1. The van der Waals surface area contributed by atoms with E-state index in [1.165, 1.54) is 5.56 Å². The van der Waals surface area contributed by atoms with E-state index in [-0.39, 0.29) is 0 Å². The predicted molar refractivity (Wildman–Crippen MR) is 109 cm³/mol. The van der Waals surface area contributed by atoms with Gasteiger partial charge in [-0.15, -0.1) is 0 Å². The molecule has 0 unspecified atom stereocenters. The molecule has 1 amide bonds. The van der Waals surface area contributed by atoms with E-state index >= 15 is 0 Å². The quantitative estimate of drug-likeness (QED) is 0.580. The second-order valence-electron chi connectivity index (χ2n) is 6.98. The van der Waals surface area contributed by atoms with Crippen LogP contribution in [-0.4, -0.2) is 27.6 Å². The molecule has 6 heteroatoms. The molecular weight excluding hydrogens is 350 g/mol. The number of pyridine rings is 1. The first-order valence-electron chi connectivity index (χ1n) is 9.27. The van der Waals surface area contributed by atoms with E-state index in [0.29, 0.717) is 12.1 Å². The van der Waals surface area contributed by atoms with Crippen LogP contribution < -0.4 is 10.6 Å². The molecule has 2 aromatic heterocycles. The summed E-state index contributed by atoms with van der Waals surface area (Å²) in [6.07, 6.45) is 0.843. The second-order valence-corrected chi connectivity index (χ2v) is 6.98. The van der Waals surface area contributed by atoms with Crippen LogP contribution in [0.4, 0.5) is 5.82 Å². The molecule has 0 aliphatic carbocycles. The van der Waals surface area contributed by atoms with Crippen molar-refractivity contribution in [3.8, 4) is 11.3 Å². The van der Waals surface area contributed by atoms with E-state index in [4.69, 9.17) is 10.7 Å². The van der Waals surface area contributed by atoms with Crippen LogP contribution in [0.1, 0.15) is 21.6 Å². The first-order valence-corrected chi connectivity index (χ1v) is 9.27. The number of anilines is 1. The number of aromatic nitrogens is 3. The number of hydrogen-bond acceptors (Lipinski definition) is 4. The number of benzene rings is 2. The third-order valence-electron chi connectivity index (χ3n) is 5.27. The number of carbonyl (C=O) groups is 1.